The van der Waals surface area contributed by atoms with Crippen molar-refractivity contribution < 1.29 is 16.6 Å². The van der Waals surface area contributed by atoms with Crippen LogP contribution in [-0.2, 0) is 0 Å². The zero-order chi connectivity index (χ0) is 18.2. The number of hydrogen-bond donors (Lipinski definition) is 0. The third kappa shape index (κ3) is 4.41. The van der Waals surface area contributed by atoms with Gasteiger partial charge in [0.05, 0.1) is 31.2 Å². The van der Waals surface area contributed by atoms with Gasteiger partial charge in [-0.1, -0.05) is 11.6 Å². The van der Waals surface area contributed by atoms with E-state index in [1.807, 2.05) is 0 Å². The molecule has 24 heavy (non-hydrogen) atoms. The van der Waals surface area contributed by atoms with Gasteiger partial charge in [0, 0.05) is 28.2 Å². The van der Waals surface area contributed by atoms with Crippen LogP contribution in [0.4, 0.5) is 17.3 Å². The Morgan fingerprint density at radius 1 is 1.25 bits per heavy atom. The number of hydrogen-bond acceptors (Lipinski definition) is 3. The summed E-state index contributed by atoms with van der Waals surface area (Å²) >= 11 is 9.33. The molecule has 11 heteroatoms. The highest BCUT2D eigenvalue weighted by molar-refractivity contribution is 14.2. The molecule has 0 fully saturated rings. The first kappa shape index (κ1) is 19.5. The lowest BCUT2D eigenvalue weighted by Crippen LogP contribution is -2.10. The molecule has 0 bridgehead atoms. The Bertz CT molecular complexity index is 841. The van der Waals surface area contributed by atoms with Crippen LogP contribution in [0.2, 0.25) is 0 Å². The molecule has 1 aromatic heterocycles. The quantitative estimate of drug-likeness (QED) is 0.227. The van der Waals surface area contributed by atoms with Gasteiger partial charge in [-0.25, -0.2) is 4.98 Å². The Hall–Kier alpha value is -0.850. The van der Waals surface area contributed by atoms with Gasteiger partial charge in [0.1, 0.15) is 11.6 Å². The van der Waals surface area contributed by atoms with E-state index >= 15 is 0 Å². The molecular weight excluding hydrogens is 547 g/mol. The highest BCUT2D eigenvalue weighted by Gasteiger charge is 2.61. The third-order valence-corrected chi connectivity index (χ3v) is 7.70. The highest BCUT2D eigenvalue weighted by atomic mass is 127. The largest absolute Gasteiger partial charge is 0.269 e. The minimum absolute atomic E-state index is 0.0222. The Kier molecular flexibility index (Phi) is 4.75. The van der Waals surface area contributed by atoms with Gasteiger partial charge >= 0.3 is 0 Å². The maximum Gasteiger partial charge on any atom is 0.269 e. The first-order chi connectivity index (χ1) is 10.8. The molecular formula is C13H8BrClF3IN2O2S. The van der Waals surface area contributed by atoms with E-state index in [9.17, 15) is 21.8 Å². The molecule has 0 saturated heterocycles. The lowest BCUT2D eigenvalue weighted by Gasteiger charge is -2.48. The van der Waals surface area contributed by atoms with Crippen molar-refractivity contribution >= 4 is 66.1 Å². The number of nitro groups is 1. The van der Waals surface area contributed by atoms with Crippen LogP contribution >= 0.6 is 55.4 Å². The fraction of sp³-hybridized carbons (Fsp3) is 0. The van der Waals surface area contributed by atoms with Crippen LogP contribution in [-0.4, -0.2) is 9.91 Å². The van der Waals surface area contributed by atoms with E-state index in [1.54, 1.807) is 0 Å². The van der Waals surface area contributed by atoms with Crippen molar-refractivity contribution in [2.24, 2.45) is 0 Å². The van der Waals surface area contributed by atoms with E-state index < -0.39 is 21.6 Å². The summed E-state index contributed by atoms with van der Waals surface area (Å²) in [6.45, 7) is -7.41. The molecule has 2 aromatic rings. The molecule has 4 nitrogen and oxygen atoms in total. The lowest BCUT2D eigenvalue weighted by atomic mass is 10.2. The Labute approximate surface area is 160 Å². The van der Waals surface area contributed by atoms with Crippen LogP contribution in [0, 0.1) is 10.1 Å². The van der Waals surface area contributed by atoms with Gasteiger partial charge in [0.25, 0.3) is 5.69 Å². The fourth-order valence-corrected chi connectivity index (χ4v) is 5.92. The summed E-state index contributed by atoms with van der Waals surface area (Å²) in [6, 6.07) is 6.62. The minimum atomic E-state index is -7.41. The predicted molar refractivity (Wildman–Crippen MR) is 102 cm³/mol. The molecule has 0 N–H and O–H groups in total. The van der Waals surface area contributed by atoms with Crippen LogP contribution in [0.5, 0.6) is 0 Å². The van der Waals surface area contributed by atoms with Crippen molar-refractivity contribution in [1.82, 2.24) is 4.98 Å². The van der Waals surface area contributed by atoms with Crippen LogP contribution in [0.1, 0.15) is 5.56 Å². The fourth-order valence-electron chi connectivity index (χ4n) is 1.69. The first-order valence-electron chi connectivity index (χ1n) is 6.06. The summed E-state index contributed by atoms with van der Waals surface area (Å²) in [7, 11) is 0. The number of non-ortho nitro benzene ring substituents is 1. The zero-order valence-electron chi connectivity index (χ0n) is 11.5. The lowest BCUT2D eigenvalue weighted by molar-refractivity contribution is -0.384. The van der Waals surface area contributed by atoms with E-state index in [-0.39, 0.29) is 16.7 Å². The number of benzene rings is 1. The van der Waals surface area contributed by atoms with Crippen molar-refractivity contribution in [3.05, 3.63) is 68.2 Å². The molecule has 0 unspecified atom stereocenters. The number of rotatable bonds is 4. The van der Waals surface area contributed by atoms with Crippen molar-refractivity contribution in [2.45, 2.75) is 5.03 Å². The smallest absolute Gasteiger partial charge is 0.258 e. The van der Waals surface area contributed by atoms with Crippen LogP contribution in [0.3, 0.4) is 0 Å². The van der Waals surface area contributed by atoms with E-state index in [0.717, 1.165) is 36.5 Å². The summed E-state index contributed by atoms with van der Waals surface area (Å²) in [4.78, 5) is 13.4. The molecule has 0 aliphatic heterocycles. The van der Waals surface area contributed by atoms with E-state index in [1.165, 1.54) is 6.07 Å². The average Bonchev–Trinajstić information content (AvgIpc) is 2.46. The molecule has 0 atom stereocenters. The minimum Gasteiger partial charge on any atom is -0.258 e. The van der Waals surface area contributed by atoms with Gasteiger partial charge in [-0.3, -0.25) is 10.1 Å². The molecule has 0 amide bonds. The summed E-state index contributed by atoms with van der Waals surface area (Å²) < 4.78 is 45.1. The Balaban J connectivity index is 2.52. The maximum atomic E-state index is 14.9. The Morgan fingerprint density at radius 2 is 1.83 bits per heavy atom. The number of aromatic nitrogens is 1. The zero-order valence-corrected chi connectivity index (χ0v) is 16.8. The van der Waals surface area contributed by atoms with Crippen LogP contribution < -0.4 is 0 Å². The molecule has 0 aliphatic carbocycles. The monoisotopic (exact) mass is 554 g/mol. The second kappa shape index (κ2) is 5.85. The third-order valence-electron chi connectivity index (χ3n) is 2.83. The number of nitro benzene ring substituents is 1. The molecule has 0 saturated carbocycles. The maximum absolute atomic E-state index is 14.9. The predicted octanol–water partition coefficient (Wildman–Crippen LogP) is 7.23. The van der Waals surface area contributed by atoms with Crippen molar-refractivity contribution in [1.29, 1.82) is 0 Å². The molecule has 130 valence electrons. The van der Waals surface area contributed by atoms with Gasteiger partial charge < -0.3 is 0 Å². The second-order valence-electron chi connectivity index (χ2n) is 4.72. The van der Waals surface area contributed by atoms with Gasteiger partial charge in [-0.2, -0.15) is 0 Å². The van der Waals surface area contributed by atoms with Gasteiger partial charge in [-0.05, 0) is 45.8 Å². The topological polar surface area (TPSA) is 56.0 Å². The van der Waals surface area contributed by atoms with Crippen molar-refractivity contribution in [3.8, 4) is 0 Å². The standard InChI is InChI=1S/C13H8BrClF3IN2O2S/c14-10-3-6-13(20-7-10)24(16,17,18,19)8-12(15)9-1-4-11(5-2-9)21(22)23/h1-8H/b12-8+. The number of pyridine rings is 1. The molecule has 0 radical (unpaired) electrons. The van der Waals surface area contributed by atoms with E-state index in [2.05, 4.69) is 20.9 Å². The van der Waals surface area contributed by atoms with E-state index in [0.29, 0.717) is 25.7 Å². The van der Waals surface area contributed by atoms with E-state index in [4.69, 9.17) is 11.6 Å². The summed E-state index contributed by atoms with van der Waals surface area (Å²) in [5, 5.41) is 9.02. The molecule has 2 rings (SSSR count). The molecule has 0 spiro atoms. The van der Waals surface area contributed by atoms with Crippen LogP contribution in [0.25, 0.3) is 5.03 Å². The summed E-state index contributed by atoms with van der Waals surface area (Å²) in [5.74, 6) is 0. The molecule has 1 aromatic carbocycles. The second-order valence-corrected chi connectivity index (χ2v) is 14.8. The van der Waals surface area contributed by atoms with Crippen molar-refractivity contribution in [3.63, 3.8) is 0 Å². The highest BCUT2D eigenvalue weighted by Crippen LogP contribution is 3.05. The SMILES string of the molecule is O=[N+]([O-])c1ccc(/C(Cl)=C\S(F)(F)(F)(I)c2ccc(Br)cn2)cc1. The number of halogens is 6. The molecule has 1 heterocycles. The summed E-state index contributed by atoms with van der Waals surface area (Å²) in [5.41, 5.74) is -0.215. The van der Waals surface area contributed by atoms with Crippen LogP contribution in [0.15, 0.2) is 57.5 Å². The Morgan fingerprint density at radius 3 is 2.29 bits per heavy atom. The van der Waals surface area contributed by atoms with Gasteiger partial charge in [0.2, 0.25) is 0 Å². The number of nitrogens with zero attached hydrogens (tertiary/aromatic N) is 2. The average molecular weight is 556 g/mol. The van der Waals surface area contributed by atoms with Gasteiger partial charge in [0.15, 0.2) is 0 Å². The first-order valence-corrected chi connectivity index (χ1v) is 12.0. The molecule has 0 aliphatic rings. The normalized spacial score (nSPS) is 15.5. The van der Waals surface area contributed by atoms with Crippen molar-refractivity contribution in [2.75, 3.05) is 0 Å². The van der Waals surface area contributed by atoms with Gasteiger partial charge in [-0.15, -0.1) is 11.7 Å². The summed E-state index contributed by atoms with van der Waals surface area (Å²) in [6.07, 6.45) is 1.06.